The summed E-state index contributed by atoms with van der Waals surface area (Å²) in [5, 5.41) is 10.9. The second-order valence-corrected chi connectivity index (χ2v) is 9.02. The summed E-state index contributed by atoms with van der Waals surface area (Å²) in [6.07, 6.45) is 0. The first-order valence-electron chi connectivity index (χ1n) is 8.18. The molecule has 7 nitrogen and oxygen atoms in total. The average Bonchev–Trinajstić information content (AvgIpc) is 2.64. The van der Waals surface area contributed by atoms with Crippen molar-refractivity contribution in [1.82, 2.24) is 9.21 Å². The summed E-state index contributed by atoms with van der Waals surface area (Å²) >= 11 is 3.22. The van der Waals surface area contributed by atoms with E-state index in [0.717, 1.165) is 6.07 Å². The molecule has 1 aliphatic rings. The lowest BCUT2D eigenvalue weighted by Crippen LogP contribution is -2.48. The Hall–Kier alpha value is -1.88. The molecule has 2 aromatic carbocycles. The zero-order valence-corrected chi connectivity index (χ0v) is 16.6. The van der Waals surface area contributed by atoms with E-state index in [1.54, 1.807) is 12.1 Å². The Labute approximate surface area is 164 Å². The van der Waals surface area contributed by atoms with Crippen LogP contribution in [0.1, 0.15) is 5.56 Å². The predicted octanol–water partition coefficient (Wildman–Crippen LogP) is 3.00. The van der Waals surface area contributed by atoms with Gasteiger partial charge in [0.05, 0.1) is 9.82 Å². The minimum absolute atomic E-state index is 0.0934. The van der Waals surface area contributed by atoms with E-state index in [1.807, 2.05) is 4.90 Å². The number of piperazine rings is 1. The number of sulfonamides is 1. The van der Waals surface area contributed by atoms with Crippen LogP contribution < -0.4 is 0 Å². The van der Waals surface area contributed by atoms with Crippen LogP contribution in [0, 0.1) is 15.9 Å². The lowest BCUT2D eigenvalue weighted by atomic mass is 10.2. The fourth-order valence-corrected chi connectivity index (χ4v) is 4.72. The van der Waals surface area contributed by atoms with Gasteiger partial charge >= 0.3 is 0 Å². The summed E-state index contributed by atoms with van der Waals surface area (Å²) in [4.78, 5) is 12.1. The molecule has 1 aliphatic heterocycles. The van der Waals surface area contributed by atoms with Gasteiger partial charge in [0.1, 0.15) is 5.82 Å². The molecule has 0 atom stereocenters. The van der Waals surface area contributed by atoms with Crippen LogP contribution in [-0.4, -0.2) is 48.7 Å². The molecule has 0 aromatic heterocycles. The van der Waals surface area contributed by atoms with Crippen LogP contribution in [0.3, 0.4) is 0 Å². The van der Waals surface area contributed by atoms with E-state index >= 15 is 0 Å². The molecule has 1 fully saturated rings. The second-order valence-electron chi connectivity index (χ2n) is 6.17. The third kappa shape index (κ3) is 4.52. The van der Waals surface area contributed by atoms with Gasteiger partial charge in [-0.3, -0.25) is 15.0 Å². The first-order chi connectivity index (χ1) is 12.8. The van der Waals surface area contributed by atoms with E-state index in [4.69, 9.17) is 0 Å². The van der Waals surface area contributed by atoms with Crippen LogP contribution in [-0.2, 0) is 16.6 Å². The van der Waals surface area contributed by atoms with E-state index < -0.39 is 14.9 Å². The van der Waals surface area contributed by atoms with Gasteiger partial charge in [0.15, 0.2) is 0 Å². The maximum absolute atomic E-state index is 14.0. The summed E-state index contributed by atoms with van der Waals surface area (Å²) in [5.74, 6) is -0.309. The monoisotopic (exact) mass is 457 g/mol. The summed E-state index contributed by atoms with van der Waals surface area (Å²) < 4.78 is 41.4. The van der Waals surface area contributed by atoms with Crippen molar-refractivity contribution in [1.29, 1.82) is 0 Å². The third-order valence-corrected chi connectivity index (χ3v) is 6.79. The maximum Gasteiger partial charge on any atom is 0.270 e. The van der Waals surface area contributed by atoms with E-state index in [2.05, 4.69) is 15.9 Å². The van der Waals surface area contributed by atoms with Crippen molar-refractivity contribution in [2.24, 2.45) is 0 Å². The molecule has 10 heteroatoms. The Kier molecular flexibility index (Phi) is 5.89. The van der Waals surface area contributed by atoms with Gasteiger partial charge in [-0.2, -0.15) is 4.31 Å². The predicted molar refractivity (Wildman–Crippen MR) is 101 cm³/mol. The number of hydrogen-bond donors (Lipinski definition) is 0. The molecule has 0 radical (unpaired) electrons. The zero-order chi connectivity index (χ0) is 19.6. The van der Waals surface area contributed by atoms with Crippen LogP contribution in [0.5, 0.6) is 0 Å². The van der Waals surface area contributed by atoms with Crippen LogP contribution in [0.4, 0.5) is 10.1 Å². The summed E-state index contributed by atoms with van der Waals surface area (Å²) in [6.45, 7) is 1.77. The number of rotatable bonds is 5. The van der Waals surface area contributed by atoms with Crippen molar-refractivity contribution in [3.63, 3.8) is 0 Å². The topological polar surface area (TPSA) is 83.8 Å². The Bertz CT molecular complexity index is 962. The summed E-state index contributed by atoms with van der Waals surface area (Å²) in [6, 6.07) is 9.90. The third-order valence-electron chi connectivity index (χ3n) is 4.41. The molecule has 0 spiro atoms. The fraction of sp³-hybridized carbons (Fsp3) is 0.294. The number of nitrogens with zero attached hydrogens (tertiary/aromatic N) is 3. The van der Waals surface area contributed by atoms with Crippen molar-refractivity contribution in [2.45, 2.75) is 11.4 Å². The van der Waals surface area contributed by atoms with Gasteiger partial charge in [-0.15, -0.1) is 0 Å². The molecular formula is C17H17BrFN3O4S. The number of nitro benzene ring substituents is 1. The molecule has 2 aromatic rings. The van der Waals surface area contributed by atoms with E-state index in [0.29, 0.717) is 29.7 Å². The number of halogens is 2. The van der Waals surface area contributed by atoms with Gasteiger partial charge in [0, 0.05) is 54.9 Å². The highest BCUT2D eigenvalue weighted by molar-refractivity contribution is 9.10. The lowest BCUT2D eigenvalue weighted by molar-refractivity contribution is -0.385. The molecule has 3 rings (SSSR count). The average molecular weight is 458 g/mol. The molecule has 0 aliphatic carbocycles. The SMILES string of the molecule is O=[N+]([O-])c1cccc(S(=O)(=O)N2CCN(Cc3ccc(Br)cc3F)CC2)c1. The van der Waals surface area contributed by atoms with E-state index in [9.17, 15) is 22.9 Å². The Balaban J connectivity index is 1.67. The highest BCUT2D eigenvalue weighted by atomic mass is 79.9. The van der Waals surface area contributed by atoms with Gasteiger partial charge in [-0.25, -0.2) is 12.8 Å². The molecule has 144 valence electrons. The molecular weight excluding hydrogens is 441 g/mol. The van der Waals surface area contributed by atoms with Gasteiger partial charge in [0.2, 0.25) is 10.0 Å². The second kappa shape index (κ2) is 8.01. The highest BCUT2D eigenvalue weighted by Crippen LogP contribution is 2.23. The molecule has 0 bridgehead atoms. The van der Waals surface area contributed by atoms with Crippen LogP contribution in [0.15, 0.2) is 51.8 Å². The number of non-ortho nitro benzene ring substituents is 1. The molecule has 27 heavy (non-hydrogen) atoms. The molecule has 1 heterocycles. The summed E-state index contributed by atoms with van der Waals surface area (Å²) in [5.41, 5.74) is 0.286. The van der Waals surface area contributed by atoms with Crippen molar-refractivity contribution >= 4 is 31.6 Å². The highest BCUT2D eigenvalue weighted by Gasteiger charge is 2.29. The van der Waals surface area contributed by atoms with Gasteiger partial charge in [0.25, 0.3) is 5.69 Å². The Morgan fingerprint density at radius 1 is 1.11 bits per heavy atom. The molecule has 0 amide bonds. The quantitative estimate of drug-likeness (QED) is 0.508. The van der Waals surface area contributed by atoms with Crippen molar-refractivity contribution in [3.05, 3.63) is 68.4 Å². The minimum atomic E-state index is -3.81. The van der Waals surface area contributed by atoms with Gasteiger partial charge in [-0.1, -0.05) is 28.1 Å². The lowest BCUT2D eigenvalue weighted by Gasteiger charge is -2.34. The van der Waals surface area contributed by atoms with Gasteiger partial charge in [-0.05, 0) is 18.2 Å². The van der Waals surface area contributed by atoms with E-state index in [-0.39, 0.29) is 29.5 Å². The van der Waals surface area contributed by atoms with Crippen molar-refractivity contribution in [3.8, 4) is 0 Å². The van der Waals surface area contributed by atoms with E-state index in [1.165, 1.54) is 28.6 Å². The Morgan fingerprint density at radius 2 is 1.81 bits per heavy atom. The normalized spacial score (nSPS) is 16.4. The van der Waals surface area contributed by atoms with Crippen LogP contribution in [0.25, 0.3) is 0 Å². The van der Waals surface area contributed by atoms with Crippen LogP contribution >= 0.6 is 15.9 Å². The largest absolute Gasteiger partial charge is 0.296 e. The number of benzene rings is 2. The van der Waals surface area contributed by atoms with Crippen molar-refractivity contribution < 1.29 is 17.7 Å². The first kappa shape index (κ1) is 19.9. The minimum Gasteiger partial charge on any atom is -0.296 e. The number of hydrogen-bond acceptors (Lipinski definition) is 5. The first-order valence-corrected chi connectivity index (χ1v) is 10.4. The molecule has 0 saturated carbocycles. The van der Waals surface area contributed by atoms with Gasteiger partial charge < -0.3 is 0 Å². The molecule has 0 N–H and O–H groups in total. The summed E-state index contributed by atoms with van der Waals surface area (Å²) in [7, 11) is -3.81. The smallest absolute Gasteiger partial charge is 0.270 e. The standard InChI is InChI=1S/C17H17BrFN3O4S/c18-14-5-4-13(17(19)10-14)12-20-6-8-21(9-7-20)27(25,26)16-3-1-2-15(11-16)22(23)24/h1-5,10-11H,6-9,12H2. The maximum atomic E-state index is 14.0. The van der Waals surface area contributed by atoms with Crippen molar-refractivity contribution in [2.75, 3.05) is 26.2 Å². The Morgan fingerprint density at radius 3 is 2.44 bits per heavy atom. The fourth-order valence-electron chi connectivity index (χ4n) is 2.93. The number of nitro groups is 1. The van der Waals surface area contributed by atoms with Crippen LogP contribution in [0.2, 0.25) is 0 Å². The molecule has 0 unspecified atom stereocenters. The zero-order valence-electron chi connectivity index (χ0n) is 14.2. The molecule has 1 saturated heterocycles.